The second kappa shape index (κ2) is 19.8. The zero-order chi connectivity index (χ0) is 48.8. The van der Waals surface area contributed by atoms with E-state index in [4.69, 9.17) is 28.4 Å². The van der Waals surface area contributed by atoms with Crippen molar-refractivity contribution in [3.05, 3.63) is 121 Å². The Bertz CT molecular complexity index is 3020. The third-order valence-corrected chi connectivity index (χ3v) is 10.5. The molecule has 0 aliphatic carbocycles. The van der Waals surface area contributed by atoms with E-state index in [0.29, 0.717) is 44.4 Å². The van der Waals surface area contributed by atoms with Crippen LogP contribution in [0.3, 0.4) is 0 Å². The number of nitrogens with zero attached hydrogens (tertiary/aromatic N) is 2. The summed E-state index contributed by atoms with van der Waals surface area (Å²) in [5.41, 5.74) is 0.611. The maximum atomic E-state index is 12.3. The number of benzene rings is 6. The SMILES string of the molecule is COC(=O)/C=C\C(=O)Oc1cc2c(ccc3cc(OC)c(OC(=O)/C=C\C(=O)OC)cc32)cc1OC.COc1cc2ccc3cc(OC)c(N4C(=O)C=CC4=O)cc3c2cc1N1C(=O)C=CC1=O. The van der Waals surface area contributed by atoms with Gasteiger partial charge in [-0.3, -0.25) is 19.2 Å². The van der Waals surface area contributed by atoms with Gasteiger partial charge in [-0.2, -0.15) is 0 Å². The molecule has 0 atom stereocenters. The van der Waals surface area contributed by atoms with Gasteiger partial charge in [0.15, 0.2) is 23.0 Å². The summed E-state index contributed by atoms with van der Waals surface area (Å²) in [6, 6.07) is 20.8. The minimum absolute atomic E-state index is 0.104. The third kappa shape index (κ3) is 9.41. The van der Waals surface area contributed by atoms with Gasteiger partial charge in [-0.25, -0.2) is 29.0 Å². The molecule has 0 aromatic heterocycles. The molecule has 0 saturated carbocycles. The summed E-state index contributed by atoms with van der Waals surface area (Å²) < 4.78 is 41.3. The molecule has 8 rings (SSSR count). The van der Waals surface area contributed by atoms with Gasteiger partial charge in [0, 0.05) is 48.6 Å². The van der Waals surface area contributed by atoms with Crippen LogP contribution in [0.4, 0.5) is 11.4 Å². The van der Waals surface area contributed by atoms with Gasteiger partial charge in [-0.15, -0.1) is 0 Å². The Hall–Kier alpha value is -9.32. The lowest BCUT2D eigenvalue weighted by molar-refractivity contribution is -0.136. The number of fused-ring (bicyclic) bond motifs is 6. The quantitative estimate of drug-likeness (QED) is 0.0442. The Kier molecular flexibility index (Phi) is 13.6. The summed E-state index contributed by atoms with van der Waals surface area (Å²) in [7, 11) is 8.15. The first-order valence-corrected chi connectivity index (χ1v) is 20.0. The first-order chi connectivity index (χ1) is 32.7. The van der Waals surface area contributed by atoms with Gasteiger partial charge in [-0.05, 0) is 91.6 Å². The molecule has 0 bridgehead atoms. The predicted octanol–water partition coefficient (Wildman–Crippen LogP) is 6.15. The lowest BCUT2D eigenvalue weighted by Crippen LogP contribution is -2.30. The minimum atomic E-state index is -0.813. The van der Waals surface area contributed by atoms with Crippen LogP contribution in [-0.4, -0.2) is 90.2 Å². The number of imide groups is 2. The van der Waals surface area contributed by atoms with Crippen molar-refractivity contribution in [1.29, 1.82) is 0 Å². The molecule has 6 aromatic carbocycles. The van der Waals surface area contributed by atoms with Crippen molar-refractivity contribution in [2.75, 3.05) is 52.5 Å². The number of rotatable bonds is 12. The number of carbonyl (C=O) groups is 8. The van der Waals surface area contributed by atoms with E-state index in [1.807, 2.05) is 24.3 Å². The highest BCUT2D eigenvalue weighted by Crippen LogP contribution is 2.43. The van der Waals surface area contributed by atoms with Gasteiger partial charge in [0.25, 0.3) is 23.6 Å². The van der Waals surface area contributed by atoms with E-state index < -0.39 is 47.5 Å². The number of esters is 4. The fourth-order valence-corrected chi connectivity index (χ4v) is 7.29. The molecule has 18 nitrogen and oxygen atoms in total. The molecule has 0 N–H and O–H groups in total. The van der Waals surface area contributed by atoms with E-state index in [1.54, 1.807) is 48.5 Å². The molecule has 0 unspecified atom stereocenters. The van der Waals surface area contributed by atoms with Crippen LogP contribution in [0.25, 0.3) is 43.1 Å². The minimum Gasteiger partial charge on any atom is -0.495 e. The van der Waals surface area contributed by atoms with Crippen molar-refractivity contribution in [1.82, 2.24) is 0 Å². The summed E-state index contributed by atoms with van der Waals surface area (Å²) in [4.78, 5) is 98.2. The maximum Gasteiger partial charge on any atom is 0.336 e. The lowest BCUT2D eigenvalue weighted by Gasteiger charge is -2.21. The fourth-order valence-electron chi connectivity index (χ4n) is 7.29. The van der Waals surface area contributed by atoms with E-state index in [0.717, 1.165) is 55.6 Å². The molecule has 2 aliphatic heterocycles. The lowest BCUT2D eigenvalue weighted by atomic mass is 9.99. The largest absolute Gasteiger partial charge is 0.495 e. The standard InChI is InChI=1S/C26H22O10.C24H16N2O6/c1-31-19-11-15-5-6-16-12-20(32-2)22(36-26(30)10-8-24(28)34-4)14-18(16)17(15)13-21(19)35-25(29)9-7-23(27)33-3;1-31-19-9-13-3-4-14-10-20(32-2)18(26-23(29)7-8-24(26)30)12-16(14)15(13)11-17(19)25-21(27)5-6-22(25)28/h5-14H,1-4H3;3-12H,1-2H3/b9-7-,10-8-;. The molecule has 0 spiro atoms. The molecule has 0 radical (unpaired) electrons. The average Bonchev–Trinajstić information content (AvgIpc) is 3.87. The van der Waals surface area contributed by atoms with E-state index >= 15 is 0 Å². The first-order valence-electron chi connectivity index (χ1n) is 20.0. The van der Waals surface area contributed by atoms with Crippen molar-refractivity contribution in [2.45, 2.75) is 0 Å². The highest BCUT2D eigenvalue weighted by atomic mass is 16.6. The normalized spacial score (nSPS) is 13.2. The number of methoxy groups -OCH3 is 6. The second-order valence-electron chi connectivity index (χ2n) is 14.3. The van der Waals surface area contributed by atoms with Gasteiger partial charge in [-0.1, -0.05) is 24.3 Å². The maximum absolute atomic E-state index is 12.3. The first kappa shape index (κ1) is 46.7. The molecule has 4 amide bonds. The number of ether oxygens (including phenoxy) is 8. The number of carbonyl (C=O) groups excluding carboxylic acids is 8. The number of hydrogen-bond acceptors (Lipinski definition) is 16. The molecule has 0 saturated heterocycles. The van der Waals surface area contributed by atoms with E-state index in [1.165, 1.54) is 67.0 Å². The summed E-state index contributed by atoms with van der Waals surface area (Å²) in [6.45, 7) is 0. The average molecular weight is 923 g/mol. The van der Waals surface area contributed by atoms with Crippen LogP contribution in [-0.2, 0) is 47.8 Å². The van der Waals surface area contributed by atoms with Crippen LogP contribution in [0.5, 0.6) is 34.5 Å². The van der Waals surface area contributed by atoms with Gasteiger partial charge in [0.05, 0.1) is 54.0 Å². The molecule has 344 valence electrons. The van der Waals surface area contributed by atoms with Gasteiger partial charge >= 0.3 is 23.9 Å². The highest BCUT2D eigenvalue weighted by molar-refractivity contribution is 6.31. The Morgan fingerprint density at radius 1 is 0.368 bits per heavy atom. The highest BCUT2D eigenvalue weighted by Gasteiger charge is 2.30. The summed E-state index contributed by atoms with van der Waals surface area (Å²) in [6.07, 6.45) is 8.56. The molecule has 0 fully saturated rings. The number of amides is 4. The Balaban J connectivity index is 0.000000202. The summed E-state index contributed by atoms with van der Waals surface area (Å²) in [5, 5.41) is 5.80. The molecule has 68 heavy (non-hydrogen) atoms. The molecular weight excluding hydrogens is 885 g/mol. The van der Waals surface area contributed by atoms with Gasteiger partial charge in [0.2, 0.25) is 0 Å². The third-order valence-electron chi connectivity index (χ3n) is 10.5. The molecule has 18 heteroatoms. The van der Waals surface area contributed by atoms with Gasteiger partial charge in [0.1, 0.15) is 11.5 Å². The van der Waals surface area contributed by atoms with E-state index in [-0.39, 0.29) is 23.0 Å². The van der Waals surface area contributed by atoms with Crippen molar-refractivity contribution < 1.29 is 76.3 Å². The number of anilines is 2. The Morgan fingerprint density at radius 3 is 0.941 bits per heavy atom. The van der Waals surface area contributed by atoms with E-state index in [9.17, 15) is 38.4 Å². The van der Waals surface area contributed by atoms with Crippen molar-refractivity contribution in [3.8, 4) is 34.5 Å². The van der Waals surface area contributed by atoms with Crippen LogP contribution in [0.2, 0.25) is 0 Å². The molecule has 2 heterocycles. The van der Waals surface area contributed by atoms with Crippen LogP contribution in [0.15, 0.2) is 121 Å². The topological polar surface area (TPSA) is 217 Å². The van der Waals surface area contributed by atoms with Crippen LogP contribution < -0.4 is 38.2 Å². The summed E-state index contributed by atoms with van der Waals surface area (Å²) in [5.74, 6) is -3.38. The zero-order valence-corrected chi connectivity index (χ0v) is 37.0. The smallest absolute Gasteiger partial charge is 0.336 e. The Morgan fingerprint density at radius 2 is 0.647 bits per heavy atom. The molecule has 2 aliphatic rings. The van der Waals surface area contributed by atoms with Crippen LogP contribution in [0, 0.1) is 0 Å². The predicted molar refractivity (Wildman–Crippen MR) is 246 cm³/mol. The Labute approximate surface area is 385 Å². The zero-order valence-electron chi connectivity index (χ0n) is 37.0. The van der Waals surface area contributed by atoms with Crippen molar-refractivity contribution >= 4 is 102 Å². The van der Waals surface area contributed by atoms with E-state index in [2.05, 4.69) is 9.47 Å². The second-order valence-corrected chi connectivity index (χ2v) is 14.3. The number of hydrogen-bond donors (Lipinski definition) is 0. The molecular formula is C50H38N2O16. The van der Waals surface area contributed by atoms with Crippen molar-refractivity contribution in [2.24, 2.45) is 0 Å². The molecule has 6 aromatic rings. The van der Waals surface area contributed by atoms with Crippen LogP contribution in [0.1, 0.15) is 0 Å². The van der Waals surface area contributed by atoms with Crippen molar-refractivity contribution in [3.63, 3.8) is 0 Å². The van der Waals surface area contributed by atoms with Crippen LogP contribution >= 0.6 is 0 Å². The fraction of sp³-hybridized carbons (Fsp3) is 0.120. The monoisotopic (exact) mass is 922 g/mol. The van der Waals surface area contributed by atoms with Gasteiger partial charge < -0.3 is 37.9 Å². The summed E-state index contributed by atoms with van der Waals surface area (Å²) >= 11 is 0.